The van der Waals surface area contributed by atoms with E-state index >= 15 is 0 Å². The molecule has 3 heterocycles. The van der Waals surface area contributed by atoms with Crippen molar-refractivity contribution in [3.8, 4) is 11.5 Å². The van der Waals surface area contributed by atoms with Crippen molar-refractivity contribution in [1.82, 2.24) is 30.1 Å². The van der Waals surface area contributed by atoms with Gasteiger partial charge in [0.05, 0.1) is 20.3 Å². The van der Waals surface area contributed by atoms with E-state index in [-0.39, 0.29) is 17.6 Å². The molecule has 1 saturated carbocycles. The van der Waals surface area contributed by atoms with Gasteiger partial charge < -0.3 is 19.4 Å². The molecule has 1 saturated heterocycles. The largest absolute Gasteiger partial charge is 0.497 e. The molecule has 2 aromatic heterocycles. The van der Waals surface area contributed by atoms with Crippen LogP contribution in [0.4, 0.5) is 5.69 Å². The summed E-state index contributed by atoms with van der Waals surface area (Å²) in [6.45, 7) is 3.19. The SMILES string of the molecule is COc1ccc(N2CCN([C@H](c3cc4cc(OC)ccc4[nH]c3=O)c3nnnn3C3CCCC3)CC2)cc1. The molecular weight excluding hydrogens is 482 g/mol. The monoisotopic (exact) mass is 515 g/mol. The van der Waals surface area contributed by atoms with Crippen LogP contribution in [-0.4, -0.2) is 70.5 Å². The van der Waals surface area contributed by atoms with E-state index in [0.29, 0.717) is 5.56 Å². The lowest BCUT2D eigenvalue weighted by Gasteiger charge is -2.39. The molecule has 10 heteroatoms. The van der Waals surface area contributed by atoms with Gasteiger partial charge in [0, 0.05) is 48.3 Å². The number of aromatic nitrogens is 5. The normalized spacial score (nSPS) is 17.7. The first-order chi connectivity index (χ1) is 18.6. The third-order valence-electron chi connectivity index (χ3n) is 7.93. The van der Waals surface area contributed by atoms with Crippen molar-refractivity contribution in [1.29, 1.82) is 0 Å². The van der Waals surface area contributed by atoms with Gasteiger partial charge in [0.25, 0.3) is 5.56 Å². The van der Waals surface area contributed by atoms with Crippen LogP contribution in [0.15, 0.2) is 53.3 Å². The van der Waals surface area contributed by atoms with Gasteiger partial charge in [-0.25, -0.2) is 4.68 Å². The molecule has 0 amide bonds. The van der Waals surface area contributed by atoms with E-state index in [1.165, 1.54) is 12.8 Å². The topological polar surface area (TPSA) is 101 Å². The average Bonchev–Trinajstić information content (AvgIpc) is 3.66. The maximum atomic E-state index is 13.5. The number of aromatic amines is 1. The number of nitrogens with one attached hydrogen (secondary N) is 1. The van der Waals surface area contributed by atoms with Crippen molar-refractivity contribution in [3.63, 3.8) is 0 Å². The van der Waals surface area contributed by atoms with Crippen molar-refractivity contribution < 1.29 is 9.47 Å². The van der Waals surface area contributed by atoms with Gasteiger partial charge in [-0.15, -0.1) is 5.10 Å². The number of hydrogen-bond acceptors (Lipinski definition) is 8. The van der Waals surface area contributed by atoms with Gasteiger partial charge in [-0.2, -0.15) is 0 Å². The first kappa shape index (κ1) is 24.4. The first-order valence-electron chi connectivity index (χ1n) is 13.3. The molecule has 4 aromatic rings. The van der Waals surface area contributed by atoms with Gasteiger partial charge in [-0.05, 0) is 71.8 Å². The molecule has 1 atom stereocenters. The molecular formula is C28H33N7O3. The summed E-state index contributed by atoms with van der Waals surface area (Å²) >= 11 is 0. The van der Waals surface area contributed by atoms with Crippen molar-refractivity contribution in [3.05, 3.63) is 70.3 Å². The van der Waals surface area contributed by atoms with Gasteiger partial charge in [0.1, 0.15) is 17.5 Å². The molecule has 10 nitrogen and oxygen atoms in total. The van der Waals surface area contributed by atoms with Crippen LogP contribution in [0, 0.1) is 0 Å². The molecule has 1 aliphatic carbocycles. The Morgan fingerprint density at radius 2 is 1.63 bits per heavy atom. The highest BCUT2D eigenvalue weighted by molar-refractivity contribution is 5.80. The Morgan fingerprint density at radius 3 is 2.34 bits per heavy atom. The number of benzene rings is 2. The minimum atomic E-state index is -0.358. The third-order valence-corrected chi connectivity index (χ3v) is 7.93. The number of anilines is 1. The predicted molar refractivity (Wildman–Crippen MR) is 145 cm³/mol. The van der Waals surface area contributed by atoms with E-state index in [1.807, 2.05) is 41.1 Å². The van der Waals surface area contributed by atoms with Crippen molar-refractivity contribution in [2.24, 2.45) is 0 Å². The number of rotatable bonds is 7. The predicted octanol–water partition coefficient (Wildman–Crippen LogP) is 3.56. The molecule has 0 radical (unpaired) electrons. The molecule has 38 heavy (non-hydrogen) atoms. The Hall–Kier alpha value is -3.92. The summed E-state index contributed by atoms with van der Waals surface area (Å²) in [6, 6.07) is 15.7. The van der Waals surface area contributed by atoms with E-state index in [9.17, 15) is 4.79 Å². The molecule has 2 aromatic carbocycles. The Balaban J connectivity index is 1.37. The molecule has 198 valence electrons. The number of ether oxygens (including phenoxy) is 2. The zero-order valence-corrected chi connectivity index (χ0v) is 21.8. The minimum Gasteiger partial charge on any atom is -0.497 e. The van der Waals surface area contributed by atoms with Gasteiger partial charge in [0.15, 0.2) is 5.82 Å². The Morgan fingerprint density at radius 1 is 0.921 bits per heavy atom. The standard InChI is InChI=1S/C28H33N7O3/c1-37-22-9-7-20(8-10-22)33-13-15-34(16-14-33)26(27-30-31-32-35(27)21-5-3-4-6-21)24-18-19-17-23(38-2)11-12-25(19)29-28(24)36/h7-12,17-18,21,26H,3-6,13-16H2,1-2H3,(H,29,36)/t26-/m1/s1. The number of hydrogen-bond donors (Lipinski definition) is 1. The van der Waals surface area contributed by atoms with E-state index < -0.39 is 0 Å². The maximum Gasteiger partial charge on any atom is 0.253 e. The van der Waals surface area contributed by atoms with Crippen LogP contribution in [0.5, 0.6) is 11.5 Å². The number of piperazine rings is 1. The Bertz CT molecular complexity index is 1450. The smallest absolute Gasteiger partial charge is 0.253 e. The van der Waals surface area contributed by atoms with Crippen LogP contribution in [0.3, 0.4) is 0 Å². The third kappa shape index (κ3) is 4.60. The number of pyridine rings is 1. The van der Waals surface area contributed by atoms with Crippen LogP contribution in [-0.2, 0) is 0 Å². The molecule has 0 unspecified atom stereocenters. The fourth-order valence-corrected chi connectivity index (χ4v) is 5.85. The average molecular weight is 516 g/mol. The van der Waals surface area contributed by atoms with Crippen molar-refractivity contribution in [2.45, 2.75) is 37.8 Å². The summed E-state index contributed by atoms with van der Waals surface area (Å²) in [5, 5.41) is 13.9. The fraction of sp³-hybridized carbons (Fsp3) is 0.429. The van der Waals surface area contributed by atoms with Crippen LogP contribution in [0.1, 0.15) is 49.2 Å². The van der Waals surface area contributed by atoms with Crippen molar-refractivity contribution >= 4 is 16.6 Å². The van der Waals surface area contributed by atoms with Gasteiger partial charge >= 0.3 is 0 Å². The summed E-state index contributed by atoms with van der Waals surface area (Å²) in [6.07, 6.45) is 4.46. The fourth-order valence-electron chi connectivity index (χ4n) is 5.85. The van der Waals surface area contributed by atoms with E-state index in [4.69, 9.17) is 9.47 Å². The number of nitrogens with zero attached hydrogens (tertiary/aromatic N) is 6. The molecule has 2 fully saturated rings. The Labute approximate surface area is 221 Å². The number of methoxy groups -OCH3 is 2. The lowest BCUT2D eigenvalue weighted by molar-refractivity contribution is 0.197. The van der Waals surface area contributed by atoms with E-state index in [0.717, 1.165) is 72.9 Å². The number of tetrazole rings is 1. The summed E-state index contributed by atoms with van der Waals surface area (Å²) < 4.78 is 12.7. The van der Waals surface area contributed by atoms with Gasteiger partial charge in [0.2, 0.25) is 0 Å². The zero-order valence-electron chi connectivity index (χ0n) is 21.8. The summed E-state index contributed by atoms with van der Waals surface area (Å²) in [7, 11) is 3.33. The molecule has 6 rings (SSSR count). The Kier molecular flexibility index (Phi) is 6.71. The second-order valence-corrected chi connectivity index (χ2v) is 10.1. The van der Waals surface area contributed by atoms with Crippen LogP contribution in [0.25, 0.3) is 10.9 Å². The second-order valence-electron chi connectivity index (χ2n) is 10.1. The first-order valence-corrected chi connectivity index (χ1v) is 13.3. The minimum absolute atomic E-state index is 0.119. The number of H-pyrrole nitrogens is 1. The quantitative estimate of drug-likeness (QED) is 0.399. The molecule has 1 N–H and O–H groups in total. The highest BCUT2D eigenvalue weighted by atomic mass is 16.5. The molecule has 2 aliphatic rings. The highest BCUT2D eigenvalue weighted by Gasteiger charge is 2.34. The lowest BCUT2D eigenvalue weighted by atomic mass is 10.0. The molecule has 0 spiro atoms. The highest BCUT2D eigenvalue weighted by Crippen LogP contribution is 2.35. The summed E-state index contributed by atoms with van der Waals surface area (Å²) in [5.74, 6) is 2.33. The maximum absolute atomic E-state index is 13.5. The molecule has 1 aliphatic heterocycles. The lowest BCUT2D eigenvalue weighted by Crippen LogP contribution is -2.49. The number of fused-ring (bicyclic) bond motifs is 1. The zero-order chi connectivity index (χ0) is 26.1. The van der Waals surface area contributed by atoms with E-state index in [2.05, 4.69) is 42.4 Å². The van der Waals surface area contributed by atoms with Gasteiger partial charge in [-0.1, -0.05) is 12.8 Å². The van der Waals surface area contributed by atoms with Gasteiger partial charge in [-0.3, -0.25) is 9.69 Å². The molecule has 0 bridgehead atoms. The summed E-state index contributed by atoms with van der Waals surface area (Å²) in [5.41, 5.74) is 2.47. The second kappa shape index (κ2) is 10.4. The van der Waals surface area contributed by atoms with Crippen LogP contribution >= 0.6 is 0 Å². The van der Waals surface area contributed by atoms with E-state index in [1.54, 1.807) is 14.2 Å². The summed E-state index contributed by atoms with van der Waals surface area (Å²) in [4.78, 5) is 21.3. The van der Waals surface area contributed by atoms with Crippen LogP contribution < -0.4 is 19.9 Å². The van der Waals surface area contributed by atoms with Crippen molar-refractivity contribution in [2.75, 3.05) is 45.3 Å². The van der Waals surface area contributed by atoms with Crippen LogP contribution in [0.2, 0.25) is 0 Å².